The number of aromatic amines is 1. The maximum atomic E-state index is 12.7. The summed E-state index contributed by atoms with van der Waals surface area (Å²) in [6, 6.07) is 6.70. The van der Waals surface area contributed by atoms with E-state index in [0.717, 1.165) is 4.57 Å². The summed E-state index contributed by atoms with van der Waals surface area (Å²) in [5.74, 6) is -1.46. The van der Waals surface area contributed by atoms with Gasteiger partial charge in [-0.05, 0) is 18.0 Å². The molecule has 2 aromatic rings. The Hall–Kier alpha value is -3.74. The van der Waals surface area contributed by atoms with Gasteiger partial charge in [0.2, 0.25) is 5.91 Å². The van der Waals surface area contributed by atoms with E-state index >= 15 is 0 Å². The summed E-state index contributed by atoms with van der Waals surface area (Å²) in [6.07, 6.45) is -0.629. The fraction of sp³-hybridized carbons (Fsp3) is 0.429. The minimum atomic E-state index is -4.75. The lowest BCUT2D eigenvalue weighted by atomic mass is 10.1. The minimum Gasteiger partial charge on any atom is -0.352 e. The number of aryl methyl sites for hydroxylation is 1. The summed E-state index contributed by atoms with van der Waals surface area (Å²) in [5.41, 5.74) is 8.53. The van der Waals surface area contributed by atoms with E-state index in [1.165, 1.54) is 20.0 Å². The van der Waals surface area contributed by atoms with E-state index in [4.69, 9.17) is 14.8 Å². The molecule has 4 N–H and O–H groups in total. The number of aromatic nitrogens is 2. The summed E-state index contributed by atoms with van der Waals surface area (Å²) in [4.78, 5) is 63.2. The van der Waals surface area contributed by atoms with Gasteiger partial charge in [0.15, 0.2) is 0 Å². The monoisotopic (exact) mass is 535 g/mol. The van der Waals surface area contributed by atoms with E-state index in [2.05, 4.69) is 20.3 Å². The summed E-state index contributed by atoms with van der Waals surface area (Å²) in [6.45, 7) is 2.12. The maximum absolute atomic E-state index is 12.7. The molecule has 15 nitrogen and oxygen atoms in total. The molecule has 0 saturated carbocycles. The topological polar surface area (TPSA) is 218 Å². The highest BCUT2D eigenvalue weighted by Gasteiger charge is 2.38. The Balaban J connectivity index is 1.68. The molecule has 2 amide bonds. The quantitative estimate of drug-likeness (QED) is 0.147. The van der Waals surface area contributed by atoms with Gasteiger partial charge in [-0.15, -0.1) is 0 Å². The van der Waals surface area contributed by atoms with Crippen molar-refractivity contribution >= 4 is 19.6 Å². The van der Waals surface area contributed by atoms with Gasteiger partial charge < -0.3 is 14.9 Å². The number of carbonyl (C=O) groups excluding carboxylic acids is 2. The number of azide groups is 1. The van der Waals surface area contributed by atoms with E-state index < -0.39 is 61.8 Å². The average molecular weight is 535 g/mol. The fourth-order valence-electron chi connectivity index (χ4n) is 3.75. The normalized spacial score (nSPS) is 21.3. The Labute approximate surface area is 210 Å². The lowest BCUT2D eigenvalue weighted by Crippen LogP contribution is -2.46. The van der Waals surface area contributed by atoms with Crippen molar-refractivity contribution in [2.75, 3.05) is 6.61 Å². The third-order valence-electron chi connectivity index (χ3n) is 5.50. The second-order valence-electron chi connectivity index (χ2n) is 8.35. The zero-order valence-electron chi connectivity index (χ0n) is 19.9. The Morgan fingerprint density at radius 1 is 1.38 bits per heavy atom. The van der Waals surface area contributed by atoms with E-state index in [0.29, 0.717) is 5.56 Å². The summed E-state index contributed by atoms with van der Waals surface area (Å²) < 4.78 is 24.5. The van der Waals surface area contributed by atoms with Crippen molar-refractivity contribution in [1.82, 2.24) is 20.0 Å². The first-order chi connectivity index (χ1) is 17.5. The van der Waals surface area contributed by atoms with Crippen LogP contribution in [0.15, 0.2) is 51.2 Å². The molecule has 1 aromatic carbocycles. The molecule has 198 valence electrons. The van der Waals surface area contributed by atoms with Gasteiger partial charge in [-0.2, -0.15) is 0 Å². The molecule has 2 heterocycles. The molecule has 1 aliphatic heterocycles. The summed E-state index contributed by atoms with van der Waals surface area (Å²) >= 11 is 0. The predicted molar refractivity (Wildman–Crippen MR) is 129 cm³/mol. The largest absolute Gasteiger partial charge is 0.432 e. The van der Waals surface area contributed by atoms with E-state index in [9.17, 15) is 28.6 Å². The molecule has 2 unspecified atom stereocenters. The smallest absolute Gasteiger partial charge is 0.352 e. The fourth-order valence-corrected chi connectivity index (χ4v) is 4.60. The Kier molecular flexibility index (Phi) is 9.03. The van der Waals surface area contributed by atoms with Crippen LogP contribution in [0.25, 0.3) is 10.4 Å². The highest BCUT2D eigenvalue weighted by Crippen LogP contribution is 2.39. The first-order valence-corrected chi connectivity index (χ1v) is 12.7. The predicted octanol–water partition coefficient (Wildman–Crippen LogP) is 0.792. The number of nitrogens with zero attached hydrogens (tertiary/aromatic N) is 4. The Morgan fingerprint density at radius 3 is 2.73 bits per heavy atom. The van der Waals surface area contributed by atoms with Crippen LogP contribution in [-0.4, -0.2) is 51.1 Å². The molecule has 0 radical (unpaired) electrons. The third-order valence-corrected chi connectivity index (χ3v) is 6.50. The van der Waals surface area contributed by atoms with Gasteiger partial charge in [-0.25, -0.2) is 9.36 Å². The van der Waals surface area contributed by atoms with Gasteiger partial charge in [0, 0.05) is 36.4 Å². The van der Waals surface area contributed by atoms with Crippen LogP contribution in [0.3, 0.4) is 0 Å². The van der Waals surface area contributed by atoms with Gasteiger partial charge in [0.05, 0.1) is 18.8 Å². The van der Waals surface area contributed by atoms with E-state index in [1.807, 2.05) is 5.09 Å². The molecule has 1 aliphatic rings. The molecule has 1 aromatic heterocycles. The zero-order valence-corrected chi connectivity index (χ0v) is 20.8. The number of amides is 2. The van der Waals surface area contributed by atoms with E-state index in [-0.39, 0.29) is 18.4 Å². The van der Waals surface area contributed by atoms with Crippen LogP contribution >= 0.6 is 7.75 Å². The first kappa shape index (κ1) is 27.8. The average Bonchev–Trinajstić information content (AvgIpc) is 3.22. The maximum Gasteiger partial charge on any atom is 0.432 e. The third kappa shape index (κ3) is 7.62. The number of hydrogen-bond acceptors (Lipinski definition) is 8. The number of ether oxygens (including phenoxy) is 1. The number of rotatable bonds is 10. The van der Waals surface area contributed by atoms with Crippen molar-refractivity contribution in [3.8, 4) is 0 Å². The molecular formula is C21H26N7O8P. The van der Waals surface area contributed by atoms with Crippen LogP contribution in [0, 0.1) is 6.92 Å². The lowest BCUT2D eigenvalue weighted by Gasteiger charge is -2.22. The Bertz CT molecular complexity index is 1350. The van der Waals surface area contributed by atoms with Crippen LogP contribution in [0.1, 0.15) is 30.7 Å². The van der Waals surface area contributed by atoms with Crippen molar-refractivity contribution in [2.24, 2.45) is 5.11 Å². The first-order valence-electron chi connectivity index (χ1n) is 11.1. The number of carbonyl (C=O) groups is 2. The van der Waals surface area contributed by atoms with Gasteiger partial charge in [0.25, 0.3) is 11.5 Å². The van der Waals surface area contributed by atoms with Crippen LogP contribution < -0.4 is 21.7 Å². The van der Waals surface area contributed by atoms with Crippen LogP contribution in [0.4, 0.5) is 0 Å². The van der Waals surface area contributed by atoms with Gasteiger partial charge >= 0.3 is 13.4 Å². The van der Waals surface area contributed by atoms with E-state index in [1.54, 1.807) is 30.3 Å². The minimum absolute atomic E-state index is 0.0211. The van der Waals surface area contributed by atoms with Crippen molar-refractivity contribution in [1.29, 1.82) is 0 Å². The molecule has 37 heavy (non-hydrogen) atoms. The molecule has 0 bridgehead atoms. The number of hydrogen-bond donors (Lipinski definition) is 4. The van der Waals surface area contributed by atoms with Gasteiger partial charge in [-0.1, -0.05) is 35.4 Å². The van der Waals surface area contributed by atoms with Crippen molar-refractivity contribution in [3.05, 3.63) is 78.9 Å². The SMILES string of the molecule is CC(=O)NC(Cc1ccccc1)C(=O)NP(=O)(O)OC[C@H]1O[C@@H](n2cc(C)c(=O)[nH]c2=O)C[C@@H]1N=[N+]=[N-]. The second-order valence-corrected chi connectivity index (χ2v) is 9.87. The molecule has 1 fully saturated rings. The molecule has 1 saturated heterocycles. The van der Waals surface area contributed by atoms with Crippen molar-refractivity contribution < 1.29 is 28.3 Å². The van der Waals surface area contributed by atoms with Crippen LogP contribution in [-0.2, 0) is 29.8 Å². The second kappa shape index (κ2) is 12.0. The van der Waals surface area contributed by atoms with Gasteiger partial charge in [0.1, 0.15) is 12.3 Å². The zero-order chi connectivity index (χ0) is 27.2. The molecule has 3 rings (SSSR count). The van der Waals surface area contributed by atoms with Crippen LogP contribution in [0.2, 0.25) is 0 Å². The van der Waals surface area contributed by atoms with Crippen molar-refractivity contribution in [3.63, 3.8) is 0 Å². The standard InChI is InChI=1S/C21H26N7O8P/c1-12-10-28(21(32)24-19(12)30)18-9-15(25-27-22)17(36-18)11-35-37(33,34)26-20(31)16(23-13(2)29)8-14-6-4-3-5-7-14/h3-7,10,15-18H,8-9,11H2,1-2H3,(H,23,29)(H,24,30,32)(H2,26,31,33,34)/t15-,16?,17+,18+/m0/s1. The molecule has 16 heteroatoms. The van der Waals surface area contributed by atoms with Crippen LogP contribution in [0.5, 0.6) is 0 Å². The number of H-pyrrole nitrogens is 1. The highest BCUT2D eigenvalue weighted by molar-refractivity contribution is 7.51. The highest BCUT2D eigenvalue weighted by atomic mass is 31.2. The lowest BCUT2D eigenvalue weighted by molar-refractivity contribution is -0.127. The number of nitrogens with one attached hydrogen (secondary N) is 3. The van der Waals surface area contributed by atoms with Crippen molar-refractivity contribution in [2.45, 2.75) is 51.1 Å². The summed E-state index contributed by atoms with van der Waals surface area (Å²) in [7, 11) is -4.75. The summed E-state index contributed by atoms with van der Waals surface area (Å²) in [5, 5.41) is 7.93. The number of benzene rings is 1. The molecular weight excluding hydrogens is 509 g/mol. The molecule has 0 aliphatic carbocycles. The molecule has 0 spiro atoms. The Morgan fingerprint density at radius 2 is 2.08 bits per heavy atom. The molecule has 5 atom stereocenters. The van der Waals surface area contributed by atoms with Gasteiger partial charge in [-0.3, -0.25) is 33.5 Å².